The van der Waals surface area contributed by atoms with E-state index in [0.717, 1.165) is 0 Å². The van der Waals surface area contributed by atoms with Crippen molar-refractivity contribution in [2.75, 3.05) is 0 Å². The maximum absolute atomic E-state index is 10.6. The monoisotopic (exact) mass is 187 g/mol. The van der Waals surface area contributed by atoms with Crippen molar-refractivity contribution < 1.29 is 4.79 Å². The van der Waals surface area contributed by atoms with Crippen LogP contribution in [-0.2, 0) is 4.79 Å². The van der Waals surface area contributed by atoms with Gasteiger partial charge in [0, 0.05) is 0 Å². The number of hydrogen-bond donors (Lipinski definition) is 1. The van der Waals surface area contributed by atoms with E-state index in [9.17, 15) is 4.79 Å². The Morgan fingerprint density at radius 2 is 2.29 bits per heavy atom. The molecule has 2 heteroatoms. The third-order valence-electron chi connectivity index (χ3n) is 2.31. The molecule has 1 unspecified atom stereocenters. The fourth-order valence-corrected chi connectivity index (χ4v) is 1.50. The summed E-state index contributed by atoms with van der Waals surface area (Å²) >= 11 is 0. The van der Waals surface area contributed by atoms with Gasteiger partial charge in [-0.15, -0.1) is 0 Å². The molecular weight excluding hydrogens is 174 g/mol. The lowest BCUT2D eigenvalue weighted by Gasteiger charge is -2.23. The zero-order chi connectivity index (χ0) is 9.97. The van der Waals surface area contributed by atoms with Gasteiger partial charge in [-0.1, -0.05) is 42.0 Å². The van der Waals surface area contributed by atoms with E-state index in [1.807, 2.05) is 12.1 Å². The lowest BCUT2D eigenvalue weighted by atomic mass is 10.0. The summed E-state index contributed by atoms with van der Waals surface area (Å²) in [4.78, 5) is 10.6. The molecule has 1 amide bonds. The molecule has 72 valence electrons. The fraction of sp³-hybridized carbons (Fsp3) is 0.250. The van der Waals surface area contributed by atoms with Crippen molar-refractivity contribution >= 4 is 12.0 Å². The molecule has 2 rings (SSSR count). The first-order valence-corrected chi connectivity index (χ1v) is 4.78. The second-order valence-electron chi connectivity index (χ2n) is 3.65. The zero-order valence-corrected chi connectivity index (χ0v) is 8.16. The molecule has 0 spiro atoms. The Morgan fingerprint density at radius 1 is 1.50 bits per heavy atom. The summed E-state index contributed by atoms with van der Waals surface area (Å²) in [6, 6.07) is 8.53. The van der Waals surface area contributed by atoms with Crippen LogP contribution >= 0.6 is 0 Å². The molecule has 1 fully saturated rings. The molecule has 1 aliphatic heterocycles. The molecule has 1 N–H and O–H groups in total. The average Bonchev–Trinajstić information content (AvgIpc) is 2.11. The van der Waals surface area contributed by atoms with Gasteiger partial charge in [0.15, 0.2) is 0 Å². The van der Waals surface area contributed by atoms with E-state index in [2.05, 4.69) is 36.5 Å². The van der Waals surface area contributed by atoms with Crippen molar-refractivity contribution in [3.8, 4) is 0 Å². The lowest BCUT2D eigenvalue weighted by Crippen LogP contribution is -2.46. The Labute approximate surface area is 83.6 Å². The minimum Gasteiger partial charge on any atom is -0.349 e. The highest BCUT2D eigenvalue weighted by atomic mass is 16.2. The third kappa shape index (κ3) is 2.02. The van der Waals surface area contributed by atoms with Gasteiger partial charge in [0.25, 0.3) is 0 Å². The SMILES string of the molecule is Cc1cccc(C=CC2CC(=O)N2)c1. The standard InChI is InChI=1S/C12H13NO/c1-9-3-2-4-10(7-9)5-6-11-8-12(14)13-11/h2-7,11H,8H2,1H3,(H,13,14). The van der Waals surface area contributed by atoms with Crippen LogP contribution in [0.1, 0.15) is 17.5 Å². The molecule has 2 nitrogen and oxygen atoms in total. The van der Waals surface area contributed by atoms with Gasteiger partial charge in [-0.3, -0.25) is 4.79 Å². The minimum atomic E-state index is 0.142. The molecule has 0 radical (unpaired) electrons. The van der Waals surface area contributed by atoms with Gasteiger partial charge < -0.3 is 5.32 Å². The number of nitrogens with one attached hydrogen (secondary N) is 1. The van der Waals surface area contributed by atoms with E-state index >= 15 is 0 Å². The van der Waals surface area contributed by atoms with E-state index in [1.54, 1.807) is 0 Å². The zero-order valence-electron chi connectivity index (χ0n) is 8.16. The van der Waals surface area contributed by atoms with Crippen LogP contribution in [-0.4, -0.2) is 11.9 Å². The Balaban J connectivity index is 2.00. The number of benzene rings is 1. The Hall–Kier alpha value is -1.57. The van der Waals surface area contributed by atoms with Crippen LogP contribution in [0.2, 0.25) is 0 Å². The van der Waals surface area contributed by atoms with Gasteiger partial charge in [-0.05, 0) is 12.5 Å². The number of amides is 1. The van der Waals surface area contributed by atoms with Gasteiger partial charge in [-0.2, -0.15) is 0 Å². The second-order valence-corrected chi connectivity index (χ2v) is 3.65. The summed E-state index contributed by atoms with van der Waals surface area (Å²) < 4.78 is 0. The highest BCUT2D eigenvalue weighted by Gasteiger charge is 2.21. The van der Waals surface area contributed by atoms with E-state index < -0.39 is 0 Å². The van der Waals surface area contributed by atoms with E-state index in [0.29, 0.717) is 6.42 Å². The predicted octanol–water partition coefficient (Wildman–Crippen LogP) is 1.90. The molecule has 0 saturated carbocycles. The van der Waals surface area contributed by atoms with Crippen LogP contribution in [0, 0.1) is 6.92 Å². The van der Waals surface area contributed by atoms with Crippen molar-refractivity contribution in [1.29, 1.82) is 0 Å². The molecule has 1 atom stereocenters. The quantitative estimate of drug-likeness (QED) is 0.704. The molecule has 1 aromatic rings. The van der Waals surface area contributed by atoms with Gasteiger partial charge in [0.2, 0.25) is 5.91 Å². The minimum absolute atomic E-state index is 0.142. The van der Waals surface area contributed by atoms with Crippen molar-refractivity contribution in [3.05, 3.63) is 41.5 Å². The summed E-state index contributed by atoms with van der Waals surface area (Å²) in [7, 11) is 0. The highest BCUT2D eigenvalue weighted by Crippen LogP contribution is 2.10. The fourth-order valence-electron chi connectivity index (χ4n) is 1.50. The summed E-state index contributed by atoms with van der Waals surface area (Å²) in [6.07, 6.45) is 4.72. The molecule has 1 heterocycles. The summed E-state index contributed by atoms with van der Waals surface area (Å²) in [6.45, 7) is 2.07. The van der Waals surface area contributed by atoms with Crippen LogP contribution in [0.15, 0.2) is 30.3 Å². The summed E-state index contributed by atoms with van der Waals surface area (Å²) in [5.41, 5.74) is 2.44. The molecule has 0 bridgehead atoms. The number of carbonyl (C=O) groups excluding carboxylic acids is 1. The van der Waals surface area contributed by atoms with E-state index in [4.69, 9.17) is 0 Å². The third-order valence-corrected chi connectivity index (χ3v) is 2.31. The van der Waals surface area contributed by atoms with Gasteiger partial charge >= 0.3 is 0 Å². The number of β-lactam (4-membered cyclic amide) rings is 1. The number of aryl methyl sites for hydroxylation is 1. The van der Waals surface area contributed by atoms with Crippen molar-refractivity contribution in [2.45, 2.75) is 19.4 Å². The molecule has 1 aliphatic rings. The number of carbonyl (C=O) groups is 1. The van der Waals surface area contributed by atoms with E-state index in [-0.39, 0.29) is 11.9 Å². The first-order chi connectivity index (χ1) is 6.74. The topological polar surface area (TPSA) is 29.1 Å². The Kier molecular flexibility index (Phi) is 2.35. The van der Waals surface area contributed by atoms with Crippen molar-refractivity contribution in [3.63, 3.8) is 0 Å². The number of rotatable bonds is 2. The molecule has 0 aliphatic carbocycles. The molecular formula is C12H13NO. The normalized spacial score (nSPS) is 20.6. The second kappa shape index (κ2) is 3.66. The summed E-state index contributed by atoms with van der Waals surface area (Å²) in [5.74, 6) is 0.142. The van der Waals surface area contributed by atoms with Crippen LogP contribution < -0.4 is 5.32 Å². The average molecular weight is 187 g/mol. The first kappa shape index (κ1) is 9.00. The summed E-state index contributed by atoms with van der Waals surface area (Å²) in [5, 5.41) is 2.80. The molecule has 14 heavy (non-hydrogen) atoms. The lowest BCUT2D eigenvalue weighted by molar-refractivity contribution is -0.127. The molecule has 1 saturated heterocycles. The van der Waals surface area contributed by atoms with Crippen molar-refractivity contribution in [1.82, 2.24) is 5.32 Å². The van der Waals surface area contributed by atoms with Crippen LogP contribution in [0.3, 0.4) is 0 Å². The van der Waals surface area contributed by atoms with Gasteiger partial charge in [-0.25, -0.2) is 0 Å². The maximum atomic E-state index is 10.6. The molecule has 1 aromatic carbocycles. The van der Waals surface area contributed by atoms with Crippen LogP contribution in [0.5, 0.6) is 0 Å². The van der Waals surface area contributed by atoms with Gasteiger partial charge in [0.1, 0.15) is 0 Å². The first-order valence-electron chi connectivity index (χ1n) is 4.78. The highest BCUT2D eigenvalue weighted by molar-refractivity contribution is 5.84. The smallest absolute Gasteiger partial charge is 0.222 e. The molecule has 0 aromatic heterocycles. The van der Waals surface area contributed by atoms with E-state index in [1.165, 1.54) is 11.1 Å². The Morgan fingerprint density at radius 3 is 2.93 bits per heavy atom. The maximum Gasteiger partial charge on any atom is 0.222 e. The number of hydrogen-bond acceptors (Lipinski definition) is 1. The van der Waals surface area contributed by atoms with Crippen molar-refractivity contribution in [2.24, 2.45) is 0 Å². The van der Waals surface area contributed by atoms with Crippen LogP contribution in [0.25, 0.3) is 6.08 Å². The van der Waals surface area contributed by atoms with Crippen LogP contribution in [0.4, 0.5) is 0 Å². The predicted molar refractivity (Wildman–Crippen MR) is 56.8 cm³/mol. The van der Waals surface area contributed by atoms with Gasteiger partial charge in [0.05, 0.1) is 12.5 Å². The Bertz CT molecular complexity index is 374. The largest absolute Gasteiger partial charge is 0.349 e.